The van der Waals surface area contributed by atoms with Crippen molar-refractivity contribution in [2.75, 3.05) is 0 Å². The Bertz CT molecular complexity index is 3000. The molecule has 0 fully saturated rings. The monoisotopic (exact) mass is 760 g/mol. The molecule has 1 aliphatic rings. The van der Waals surface area contributed by atoms with E-state index in [4.69, 9.17) is 19.7 Å². The molecule has 9 aromatic rings. The standard InChI is InChI=1S/C53H33FN4O/c54-45-31-41(39-27-28-47-46-21-10-11-22-48(46)53(59-49(47)33-39,43-17-6-2-7-18-43)44-19-8-3-9-20-44)30-42(32-45)52-57-50(37-13-4-1-5-14-37)56-51(58-52)40-16-12-15-38(29-40)36-25-23-35(34-55)24-26-36/h1-33H. The Hall–Kier alpha value is -8.01. The van der Waals surface area contributed by atoms with Crippen molar-refractivity contribution in [3.8, 4) is 79.4 Å². The molecule has 0 spiro atoms. The highest BCUT2D eigenvalue weighted by Crippen LogP contribution is 2.52. The van der Waals surface area contributed by atoms with E-state index in [0.717, 1.165) is 55.6 Å². The molecule has 1 aliphatic heterocycles. The van der Waals surface area contributed by atoms with E-state index in [1.54, 1.807) is 12.1 Å². The van der Waals surface area contributed by atoms with Crippen molar-refractivity contribution in [3.05, 3.63) is 228 Å². The number of ether oxygens (including phenoxy) is 1. The molecule has 1 aromatic heterocycles. The van der Waals surface area contributed by atoms with Crippen LogP contribution < -0.4 is 4.74 Å². The number of hydrogen-bond acceptors (Lipinski definition) is 5. The summed E-state index contributed by atoms with van der Waals surface area (Å²) >= 11 is 0. The number of benzene rings is 8. The summed E-state index contributed by atoms with van der Waals surface area (Å²) in [5, 5.41) is 9.31. The lowest BCUT2D eigenvalue weighted by atomic mass is 9.75. The number of fused-ring (bicyclic) bond motifs is 3. The van der Waals surface area contributed by atoms with Crippen LogP contribution >= 0.6 is 0 Å². The van der Waals surface area contributed by atoms with Crippen LogP contribution in [0.4, 0.5) is 4.39 Å². The van der Waals surface area contributed by atoms with E-state index in [2.05, 4.69) is 60.7 Å². The molecule has 8 aromatic carbocycles. The fraction of sp³-hybridized carbons (Fsp3) is 0.0189. The van der Waals surface area contributed by atoms with E-state index in [1.165, 1.54) is 12.1 Å². The van der Waals surface area contributed by atoms with Crippen molar-refractivity contribution in [1.82, 2.24) is 15.0 Å². The molecular weight excluding hydrogens is 728 g/mol. The topological polar surface area (TPSA) is 71.7 Å². The molecular formula is C53H33FN4O. The zero-order valence-corrected chi connectivity index (χ0v) is 31.6. The van der Waals surface area contributed by atoms with Crippen LogP contribution in [-0.4, -0.2) is 15.0 Å². The lowest BCUT2D eigenvalue weighted by Crippen LogP contribution is -2.38. The van der Waals surface area contributed by atoms with Gasteiger partial charge in [-0.2, -0.15) is 5.26 Å². The average molecular weight is 761 g/mol. The first-order valence-corrected chi connectivity index (χ1v) is 19.3. The Morgan fingerprint density at radius 2 is 0.949 bits per heavy atom. The molecule has 0 unspecified atom stereocenters. The highest BCUT2D eigenvalue weighted by Gasteiger charge is 2.44. The van der Waals surface area contributed by atoms with Crippen LogP contribution in [0.5, 0.6) is 5.75 Å². The van der Waals surface area contributed by atoms with Crippen LogP contribution in [0.3, 0.4) is 0 Å². The first kappa shape index (κ1) is 35.4. The van der Waals surface area contributed by atoms with Crippen LogP contribution in [0.25, 0.3) is 67.5 Å². The summed E-state index contributed by atoms with van der Waals surface area (Å²) in [6, 6.07) is 67.2. The molecule has 0 bridgehead atoms. The molecule has 0 amide bonds. The molecule has 0 atom stereocenters. The number of nitrogens with zero attached hydrogens (tertiary/aromatic N) is 4. The minimum Gasteiger partial charge on any atom is -0.472 e. The van der Waals surface area contributed by atoms with Gasteiger partial charge in [0.2, 0.25) is 0 Å². The Balaban J connectivity index is 1.09. The lowest BCUT2D eigenvalue weighted by molar-refractivity contribution is 0.152. The fourth-order valence-corrected chi connectivity index (χ4v) is 8.01. The third-order valence-corrected chi connectivity index (χ3v) is 10.8. The van der Waals surface area contributed by atoms with Gasteiger partial charge in [-0.1, -0.05) is 158 Å². The van der Waals surface area contributed by atoms with E-state index >= 15 is 4.39 Å². The zero-order chi connectivity index (χ0) is 39.8. The third-order valence-electron chi connectivity index (χ3n) is 10.8. The predicted molar refractivity (Wildman–Crippen MR) is 231 cm³/mol. The highest BCUT2D eigenvalue weighted by molar-refractivity contribution is 5.83. The lowest BCUT2D eigenvalue weighted by Gasteiger charge is -2.41. The Morgan fingerprint density at radius 3 is 1.64 bits per heavy atom. The maximum Gasteiger partial charge on any atom is 0.185 e. The molecule has 0 N–H and O–H groups in total. The van der Waals surface area contributed by atoms with Gasteiger partial charge in [-0.05, 0) is 70.3 Å². The summed E-state index contributed by atoms with van der Waals surface area (Å²) in [5.41, 5.74) is 10.2. The summed E-state index contributed by atoms with van der Waals surface area (Å²) in [5.74, 6) is 1.54. The largest absolute Gasteiger partial charge is 0.472 e. The van der Waals surface area contributed by atoms with Crippen LogP contribution in [-0.2, 0) is 5.60 Å². The Kier molecular flexibility index (Phi) is 8.89. The van der Waals surface area contributed by atoms with E-state index in [1.807, 2.05) is 121 Å². The second-order valence-corrected chi connectivity index (χ2v) is 14.4. The quantitative estimate of drug-likeness (QED) is 0.162. The third kappa shape index (κ3) is 6.51. The van der Waals surface area contributed by atoms with Crippen molar-refractivity contribution in [1.29, 1.82) is 5.26 Å². The van der Waals surface area contributed by atoms with Crippen LogP contribution in [0.15, 0.2) is 200 Å². The van der Waals surface area contributed by atoms with E-state index in [9.17, 15) is 5.26 Å². The summed E-state index contributed by atoms with van der Waals surface area (Å²) in [7, 11) is 0. The zero-order valence-electron chi connectivity index (χ0n) is 31.6. The maximum atomic E-state index is 15.9. The molecule has 278 valence electrons. The molecule has 2 heterocycles. The van der Waals surface area contributed by atoms with Gasteiger partial charge in [0.15, 0.2) is 23.1 Å². The molecule has 0 saturated heterocycles. The number of hydrogen-bond donors (Lipinski definition) is 0. The van der Waals surface area contributed by atoms with Gasteiger partial charge in [0.1, 0.15) is 11.6 Å². The van der Waals surface area contributed by atoms with E-state index < -0.39 is 11.4 Å². The van der Waals surface area contributed by atoms with Gasteiger partial charge in [0, 0.05) is 38.9 Å². The van der Waals surface area contributed by atoms with Gasteiger partial charge in [-0.3, -0.25) is 0 Å². The average Bonchev–Trinajstić information content (AvgIpc) is 3.31. The van der Waals surface area contributed by atoms with Crippen LogP contribution in [0.2, 0.25) is 0 Å². The van der Waals surface area contributed by atoms with Gasteiger partial charge in [-0.25, -0.2) is 19.3 Å². The first-order valence-electron chi connectivity index (χ1n) is 19.3. The molecule has 0 radical (unpaired) electrons. The van der Waals surface area contributed by atoms with Crippen molar-refractivity contribution in [2.45, 2.75) is 5.60 Å². The number of halogens is 1. The highest BCUT2D eigenvalue weighted by atomic mass is 19.1. The molecule has 0 saturated carbocycles. The fourth-order valence-electron chi connectivity index (χ4n) is 8.01. The van der Waals surface area contributed by atoms with Crippen molar-refractivity contribution in [2.24, 2.45) is 0 Å². The smallest absolute Gasteiger partial charge is 0.185 e. The second kappa shape index (κ2) is 14.8. The van der Waals surface area contributed by atoms with Gasteiger partial charge in [0.25, 0.3) is 0 Å². The van der Waals surface area contributed by atoms with Crippen LogP contribution in [0.1, 0.15) is 22.3 Å². The number of rotatable bonds is 7. The molecule has 10 rings (SSSR count). The van der Waals surface area contributed by atoms with E-state index in [0.29, 0.717) is 39.9 Å². The SMILES string of the molecule is N#Cc1ccc(-c2cccc(-c3nc(-c4ccccc4)nc(-c4cc(F)cc(-c5ccc6c(c5)OC(c5ccccc5)(c5ccccc5)c5ccccc5-6)c4)n3)c2)cc1. The Labute approximate surface area is 341 Å². The van der Waals surface area contributed by atoms with Crippen LogP contribution in [0, 0.1) is 17.1 Å². The van der Waals surface area contributed by atoms with Gasteiger partial charge in [-0.15, -0.1) is 0 Å². The summed E-state index contributed by atoms with van der Waals surface area (Å²) in [4.78, 5) is 14.8. The summed E-state index contributed by atoms with van der Waals surface area (Å²) in [6.45, 7) is 0. The minimum absolute atomic E-state index is 0.341. The molecule has 5 nitrogen and oxygen atoms in total. The minimum atomic E-state index is -0.926. The molecule has 6 heteroatoms. The normalized spacial score (nSPS) is 12.4. The first-order chi connectivity index (χ1) is 29.1. The number of nitriles is 1. The maximum absolute atomic E-state index is 15.9. The van der Waals surface area contributed by atoms with Gasteiger partial charge >= 0.3 is 0 Å². The predicted octanol–water partition coefficient (Wildman–Crippen LogP) is 12.6. The number of aromatic nitrogens is 3. The van der Waals surface area contributed by atoms with Crippen molar-refractivity contribution in [3.63, 3.8) is 0 Å². The van der Waals surface area contributed by atoms with E-state index in [-0.39, 0.29) is 0 Å². The van der Waals surface area contributed by atoms with Crippen molar-refractivity contribution >= 4 is 0 Å². The molecule has 0 aliphatic carbocycles. The molecule has 59 heavy (non-hydrogen) atoms. The van der Waals surface area contributed by atoms with Gasteiger partial charge in [0.05, 0.1) is 11.6 Å². The summed E-state index contributed by atoms with van der Waals surface area (Å²) in [6.07, 6.45) is 0. The van der Waals surface area contributed by atoms with Crippen molar-refractivity contribution < 1.29 is 9.13 Å². The second-order valence-electron chi connectivity index (χ2n) is 14.4. The Morgan fingerprint density at radius 1 is 0.424 bits per heavy atom. The summed E-state index contributed by atoms with van der Waals surface area (Å²) < 4.78 is 23.2. The van der Waals surface area contributed by atoms with Gasteiger partial charge < -0.3 is 4.74 Å².